The maximum absolute atomic E-state index is 6.17. The van der Waals surface area contributed by atoms with E-state index in [0.717, 1.165) is 11.4 Å². The van der Waals surface area contributed by atoms with Crippen LogP contribution in [0.2, 0.25) is 10.2 Å². The molecule has 2 heterocycles. The zero-order chi connectivity index (χ0) is 12.7. The summed E-state index contributed by atoms with van der Waals surface area (Å²) in [6.45, 7) is 1.85. The molecule has 4 nitrogen and oxygen atoms in total. The van der Waals surface area contributed by atoms with E-state index in [-0.39, 0.29) is 0 Å². The predicted octanol–water partition coefficient (Wildman–Crippen LogP) is 3.41. The Kier molecular flexibility index (Phi) is 2.69. The average molecular weight is 279 g/mol. The van der Waals surface area contributed by atoms with Crippen molar-refractivity contribution >= 4 is 28.8 Å². The van der Waals surface area contributed by atoms with E-state index in [1.54, 1.807) is 6.07 Å². The summed E-state index contributed by atoms with van der Waals surface area (Å²) in [5.74, 6) is 1.38. The van der Waals surface area contributed by atoms with Gasteiger partial charge in [-0.05, 0) is 19.1 Å². The molecule has 0 aliphatic heterocycles. The Bertz CT molecular complexity index is 736. The zero-order valence-corrected chi connectivity index (χ0v) is 10.9. The fourth-order valence-corrected chi connectivity index (χ4v) is 2.31. The van der Waals surface area contributed by atoms with Crippen LogP contribution in [0.15, 0.2) is 30.3 Å². The Hall–Kier alpha value is -1.65. The molecule has 0 amide bonds. The van der Waals surface area contributed by atoms with Gasteiger partial charge in [-0.25, -0.2) is 4.98 Å². The summed E-state index contributed by atoms with van der Waals surface area (Å²) >= 11 is 12.1. The fourth-order valence-electron chi connectivity index (χ4n) is 1.87. The summed E-state index contributed by atoms with van der Waals surface area (Å²) in [5.41, 5.74) is 1.47. The third kappa shape index (κ3) is 1.74. The molecule has 0 bridgehead atoms. The number of hydrogen-bond donors (Lipinski definition) is 0. The van der Waals surface area contributed by atoms with Gasteiger partial charge in [0.25, 0.3) is 0 Å². The number of nitrogens with zero attached hydrogens (tertiary/aromatic N) is 4. The lowest BCUT2D eigenvalue weighted by molar-refractivity contribution is 0.988. The smallest absolute Gasteiger partial charge is 0.171 e. The summed E-state index contributed by atoms with van der Waals surface area (Å²) in [4.78, 5) is 4.20. The molecule has 0 N–H and O–H groups in total. The van der Waals surface area contributed by atoms with Crippen LogP contribution >= 0.6 is 23.2 Å². The second-order valence-corrected chi connectivity index (χ2v) is 4.62. The number of aryl methyl sites for hydroxylation is 1. The Labute approximate surface area is 113 Å². The monoisotopic (exact) mass is 278 g/mol. The molecule has 0 fully saturated rings. The van der Waals surface area contributed by atoms with Crippen LogP contribution in [0.4, 0.5) is 0 Å². The highest BCUT2D eigenvalue weighted by molar-refractivity contribution is 6.33. The normalized spacial score (nSPS) is 11.1. The van der Waals surface area contributed by atoms with E-state index in [9.17, 15) is 0 Å². The van der Waals surface area contributed by atoms with Crippen LogP contribution in [-0.4, -0.2) is 19.6 Å². The molecule has 0 atom stereocenters. The molecule has 18 heavy (non-hydrogen) atoms. The van der Waals surface area contributed by atoms with E-state index >= 15 is 0 Å². The number of benzene rings is 1. The number of rotatable bonds is 1. The number of fused-ring (bicyclic) bond motifs is 1. The molecule has 0 saturated carbocycles. The van der Waals surface area contributed by atoms with E-state index in [1.165, 1.54) is 0 Å². The number of halogens is 2. The van der Waals surface area contributed by atoms with Crippen molar-refractivity contribution in [3.05, 3.63) is 46.3 Å². The zero-order valence-electron chi connectivity index (χ0n) is 9.43. The molecule has 0 radical (unpaired) electrons. The summed E-state index contributed by atoms with van der Waals surface area (Å²) in [6, 6.07) is 9.16. The highest BCUT2D eigenvalue weighted by Gasteiger charge is 2.13. The van der Waals surface area contributed by atoms with Crippen LogP contribution < -0.4 is 0 Å². The van der Waals surface area contributed by atoms with Crippen molar-refractivity contribution in [3.63, 3.8) is 0 Å². The lowest BCUT2D eigenvalue weighted by Crippen LogP contribution is -1.98. The van der Waals surface area contributed by atoms with Gasteiger partial charge in [-0.15, -0.1) is 10.2 Å². The van der Waals surface area contributed by atoms with E-state index in [4.69, 9.17) is 23.2 Å². The minimum Gasteiger partial charge on any atom is -0.263 e. The molecule has 0 aliphatic carbocycles. The Balaban J connectivity index is 2.35. The lowest BCUT2D eigenvalue weighted by atomic mass is 10.2. The molecule has 0 unspecified atom stereocenters. The minimum atomic E-state index is 0.401. The lowest BCUT2D eigenvalue weighted by Gasteiger charge is -2.04. The summed E-state index contributed by atoms with van der Waals surface area (Å²) in [7, 11) is 0. The van der Waals surface area contributed by atoms with Crippen molar-refractivity contribution in [1.82, 2.24) is 19.6 Å². The highest BCUT2D eigenvalue weighted by atomic mass is 35.5. The maximum atomic E-state index is 6.17. The van der Waals surface area contributed by atoms with Gasteiger partial charge in [-0.2, -0.15) is 0 Å². The van der Waals surface area contributed by atoms with Crippen molar-refractivity contribution in [2.45, 2.75) is 6.92 Å². The van der Waals surface area contributed by atoms with E-state index in [0.29, 0.717) is 21.6 Å². The van der Waals surface area contributed by atoms with Crippen molar-refractivity contribution < 1.29 is 0 Å². The van der Waals surface area contributed by atoms with Gasteiger partial charge in [-0.3, -0.25) is 4.40 Å². The first kappa shape index (κ1) is 11.4. The number of aromatic nitrogens is 4. The van der Waals surface area contributed by atoms with Gasteiger partial charge < -0.3 is 0 Å². The summed E-state index contributed by atoms with van der Waals surface area (Å²) in [5, 5.41) is 9.27. The van der Waals surface area contributed by atoms with Gasteiger partial charge in [-0.1, -0.05) is 35.3 Å². The molecule has 0 aliphatic rings. The predicted molar refractivity (Wildman–Crippen MR) is 71.0 cm³/mol. The topological polar surface area (TPSA) is 43.1 Å². The van der Waals surface area contributed by atoms with Crippen molar-refractivity contribution in [1.29, 1.82) is 0 Å². The van der Waals surface area contributed by atoms with Crippen LogP contribution in [0, 0.1) is 6.92 Å². The molecule has 2 aromatic heterocycles. The first-order chi connectivity index (χ1) is 8.66. The first-order valence-electron chi connectivity index (χ1n) is 5.30. The summed E-state index contributed by atoms with van der Waals surface area (Å²) < 4.78 is 1.83. The molecule has 0 saturated heterocycles. The maximum Gasteiger partial charge on any atom is 0.171 e. The third-order valence-corrected chi connectivity index (χ3v) is 3.17. The molecule has 0 spiro atoms. The quantitative estimate of drug-likeness (QED) is 0.641. The molecule has 1 aromatic carbocycles. The van der Waals surface area contributed by atoms with Crippen molar-refractivity contribution in [2.75, 3.05) is 0 Å². The van der Waals surface area contributed by atoms with Crippen LogP contribution in [0.25, 0.3) is 17.0 Å². The summed E-state index contributed by atoms with van der Waals surface area (Å²) in [6.07, 6.45) is 0. The van der Waals surface area contributed by atoms with E-state index in [2.05, 4.69) is 15.2 Å². The van der Waals surface area contributed by atoms with Gasteiger partial charge in [0.2, 0.25) is 0 Å². The van der Waals surface area contributed by atoms with Crippen LogP contribution in [-0.2, 0) is 0 Å². The van der Waals surface area contributed by atoms with Crippen LogP contribution in [0.1, 0.15) is 5.82 Å². The van der Waals surface area contributed by atoms with Gasteiger partial charge >= 0.3 is 0 Å². The van der Waals surface area contributed by atoms with Crippen molar-refractivity contribution in [2.24, 2.45) is 0 Å². The molecule has 6 heteroatoms. The van der Waals surface area contributed by atoms with Gasteiger partial charge in [0.1, 0.15) is 11.0 Å². The molecule has 3 rings (SSSR count). The third-order valence-electron chi connectivity index (χ3n) is 2.64. The SMILES string of the molecule is Cc1nc(Cl)cc2nnc(-c3ccccc3Cl)n12. The average Bonchev–Trinajstić information content (AvgIpc) is 2.73. The van der Waals surface area contributed by atoms with Crippen molar-refractivity contribution in [3.8, 4) is 11.4 Å². The van der Waals surface area contributed by atoms with Crippen LogP contribution in [0.3, 0.4) is 0 Å². The molecule has 3 aromatic rings. The van der Waals surface area contributed by atoms with Gasteiger partial charge in [0.15, 0.2) is 11.5 Å². The molecular formula is C12H8Cl2N4. The second kappa shape index (κ2) is 4.23. The number of hydrogen-bond acceptors (Lipinski definition) is 3. The van der Waals surface area contributed by atoms with Crippen LogP contribution in [0.5, 0.6) is 0 Å². The van der Waals surface area contributed by atoms with E-state index < -0.39 is 0 Å². The Morgan fingerprint density at radius 3 is 2.67 bits per heavy atom. The standard InChI is InChI=1S/C12H8Cl2N4/c1-7-15-10(14)6-11-16-17-12(18(7)11)8-4-2-3-5-9(8)13/h2-6H,1H3. The Morgan fingerprint density at radius 2 is 1.89 bits per heavy atom. The fraction of sp³-hybridized carbons (Fsp3) is 0.0833. The van der Waals surface area contributed by atoms with Gasteiger partial charge in [0.05, 0.1) is 5.02 Å². The highest BCUT2D eigenvalue weighted by Crippen LogP contribution is 2.27. The largest absolute Gasteiger partial charge is 0.263 e. The Morgan fingerprint density at radius 1 is 1.11 bits per heavy atom. The molecule has 90 valence electrons. The minimum absolute atomic E-state index is 0.401. The second-order valence-electron chi connectivity index (χ2n) is 3.82. The van der Waals surface area contributed by atoms with E-state index in [1.807, 2.05) is 35.6 Å². The first-order valence-corrected chi connectivity index (χ1v) is 6.05. The molecular weight excluding hydrogens is 271 g/mol. The van der Waals surface area contributed by atoms with Gasteiger partial charge in [0, 0.05) is 11.6 Å².